The molecule has 0 atom stereocenters. The molecule has 0 bridgehead atoms. The van der Waals surface area contributed by atoms with Crippen LogP contribution in [0.25, 0.3) is 0 Å². The summed E-state index contributed by atoms with van der Waals surface area (Å²) >= 11 is 0. The van der Waals surface area contributed by atoms with Crippen LogP contribution < -0.4 is 15.0 Å². The maximum absolute atomic E-state index is 12.3. The van der Waals surface area contributed by atoms with Crippen molar-refractivity contribution in [2.75, 3.05) is 23.4 Å². The molecule has 0 saturated carbocycles. The lowest BCUT2D eigenvalue weighted by Gasteiger charge is -2.20. The molecule has 5 nitrogen and oxygen atoms in total. The lowest BCUT2D eigenvalue weighted by Crippen LogP contribution is -2.26. The number of hydrogen-bond donors (Lipinski definition) is 1. The Morgan fingerprint density at radius 2 is 1.88 bits per heavy atom. The van der Waals surface area contributed by atoms with Crippen molar-refractivity contribution in [1.82, 2.24) is 0 Å². The first-order valence-electron chi connectivity index (χ1n) is 8.96. The molecule has 1 fully saturated rings. The Kier molecular flexibility index (Phi) is 5.56. The van der Waals surface area contributed by atoms with E-state index in [1.807, 2.05) is 42.5 Å². The second-order valence-electron chi connectivity index (χ2n) is 6.73. The van der Waals surface area contributed by atoms with Crippen LogP contribution in [0, 0.1) is 0 Å². The van der Waals surface area contributed by atoms with E-state index in [1.165, 1.54) is 5.56 Å². The third-order valence-electron chi connectivity index (χ3n) is 4.46. The fourth-order valence-electron chi connectivity index (χ4n) is 3.00. The SMILES string of the molecule is CC(C)c1ccc(OCC(=O)Nc2ccccc2N2CCCC2=O)cc1. The second kappa shape index (κ2) is 8.04. The summed E-state index contributed by atoms with van der Waals surface area (Å²) in [4.78, 5) is 26.0. The van der Waals surface area contributed by atoms with Crippen LogP contribution in [-0.4, -0.2) is 25.0 Å². The van der Waals surface area contributed by atoms with Crippen molar-refractivity contribution >= 4 is 23.2 Å². The molecule has 1 saturated heterocycles. The van der Waals surface area contributed by atoms with E-state index in [9.17, 15) is 9.59 Å². The summed E-state index contributed by atoms with van der Waals surface area (Å²) in [5, 5.41) is 2.85. The fraction of sp³-hybridized carbons (Fsp3) is 0.333. The van der Waals surface area contributed by atoms with Crippen molar-refractivity contribution < 1.29 is 14.3 Å². The van der Waals surface area contributed by atoms with E-state index in [2.05, 4.69) is 19.2 Å². The standard InChI is InChI=1S/C21H24N2O3/c1-15(2)16-9-11-17(12-10-16)26-14-20(24)22-18-6-3-4-7-19(18)23-13-5-8-21(23)25/h3-4,6-7,9-12,15H,5,8,13-14H2,1-2H3,(H,22,24). The third-order valence-corrected chi connectivity index (χ3v) is 4.46. The van der Waals surface area contributed by atoms with Gasteiger partial charge in [-0.3, -0.25) is 9.59 Å². The fourth-order valence-corrected chi connectivity index (χ4v) is 3.00. The number of nitrogens with zero attached hydrogens (tertiary/aromatic N) is 1. The van der Waals surface area contributed by atoms with Crippen LogP contribution in [0.5, 0.6) is 5.75 Å². The maximum atomic E-state index is 12.3. The summed E-state index contributed by atoms with van der Waals surface area (Å²) < 4.78 is 5.57. The zero-order valence-corrected chi connectivity index (χ0v) is 15.2. The van der Waals surface area contributed by atoms with E-state index < -0.39 is 0 Å². The van der Waals surface area contributed by atoms with Gasteiger partial charge >= 0.3 is 0 Å². The molecule has 136 valence electrons. The molecule has 1 N–H and O–H groups in total. The minimum absolute atomic E-state index is 0.0801. The van der Waals surface area contributed by atoms with E-state index >= 15 is 0 Å². The van der Waals surface area contributed by atoms with E-state index in [0.717, 1.165) is 12.1 Å². The smallest absolute Gasteiger partial charge is 0.262 e. The molecule has 2 aromatic rings. The summed E-state index contributed by atoms with van der Waals surface area (Å²) in [6, 6.07) is 15.1. The Hall–Kier alpha value is -2.82. The van der Waals surface area contributed by atoms with Crippen molar-refractivity contribution in [3.8, 4) is 5.75 Å². The largest absolute Gasteiger partial charge is 0.484 e. The van der Waals surface area contributed by atoms with E-state index in [4.69, 9.17) is 4.74 Å². The van der Waals surface area contributed by atoms with Gasteiger partial charge in [0.2, 0.25) is 5.91 Å². The van der Waals surface area contributed by atoms with Crippen LogP contribution in [-0.2, 0) is 9.59 Å². The zero-order valence-electron chi connectivity index (χ0n) is 15.2. The maximum Gasteiger partial charge on any atom is 0.262 e. The average Bonchev–Trinajstić information content (AvgIpc) is 3.06. The number of benzene rings is 2. The van der Waals surface area contributed by atoms with Crippen LogP contribution in [0.1, 0.15) is 38.2 Å². The molecule has 0 spiro atoms. The number of nitrogens with one attached hydrogen (secondary N) is 1. The van der Waals surface area contributed by atoms with Gasteiger partial charge < -0.3 is 15.0 Å². The molecular formula is C21H24N2O3. The Bertz CT molecular complexity index is 784. The molecule has 0 unspecified atom stereocenters. The second-order valence-corrected chi connectivity index (χ2v) is 6.73. The molecule has 0 aromatic heterocycles. The van der Waals surface area contributed by atoms with Gasteiger partial charge in [0, 0.05) is 13.0 Å². The molecular weight excluding hydrogens is 328 g/mol. The Balaban J connectivity index is 1.61. The highest BCUT2D eigenvalue weighted by Crippen LogP contribution is 2.29. The molecule has 1 heterocycles. The molecule has 5 heteroatoms. The molecule has 2 amide bonds. The van der Waals surface area contributed by atoms with E-state index in [1.54, 1.807) is 11.0 Å². The summed E-state index contributed by atoms with van der Waals surface area (Å²) in [6.45, 7) is 4.87. The quantitative estimate of drug-likeness (QED) is 0.856. The monoisotopic (exact) mass is 352 g/mol. The normalized spacial score (nSPS) is 14.0. The minimum atomic E-state index is -0.253. The summed E-state index contributed by atoms with van der Waals surface area (Å²) in [5.41, 5.74) is 2.60. The van der Waals surface area contributed by atoms with Gasteiger partial charge in [-0.2, -0.15) is 0 Å². The van der Waals surface area contributed by atoms with Crippen LogP contribution in [0.15, 0.2) is 48.5 Å². The van der Waals surface area contributed by atoms with Gasteiger partial charge in [-0.1, -0.05) is 38.1 Å². The first-order chi connectivity index (χ1) is 12.5. The number of para-hydroxylation sites is 2. The third kappa shape index (κ3) is 4.23. The topological polar surface area (TPSA) is 58.6 Å². The Morgan fingerprint density at radius 3 is 2.54 bits per heavy atom. The number of carbonyl (C=O) groups excluding carboxylic acids is 2. The van der Waals surface area contributed by atoms with Gasteiger partial charge in [-0.15, -0.1) is 0 Å². The molecule has 1 aliphatic heterocycles. The molecule has 1 aliphatic rings. The van der Waals surface area contributed by atoms with Gasteiger partial charge in [-0.25, -0.2) is 0 Å². The van der Waals surface area contributed by atoms with Crippen molar-refractivity contribution in [2.24, 2.45) is 0 Å². The predicted octanol–water partition coefficient (Wildman–Crippen LogP) is 3.95. The lowest BCUT2D eigenvalue weighted by atomic mass is 10.0. The van der Waals surface area contributed by atoms with Crippen molar-refractivity contribution in [1.29, 1.82) is 0 Å². The average molecular weight is 352 g/mol. The first kappa shape index (κ1) is 18.0. The van der Waals surface area contributed by atoms with Crippen molar-refractivity contribution in [2.45, 2.75) is 32.6 Å². The highest BCUT2D eigenvalue weighted by Gasteiger charge is 2.24. The highest BCUT2D eigenvalue weighted by atomic mass is 16.5. The number of ether oxygens (including phenoxy) is 1. The zero-order chi connectivity index (χ0) is 18.5. The Morgan fingerprint density at radius 1 is 1.15 bits per heavy atom. The summed E-state index contributed by atoms with van der Waals surface area (Å²) in [7, 11) is 0. The molecule has 0 radical (unpaired) electrons. The summed E-state index contributed by atoms with van der Waals surface area (Å²) in [5.74, 6) is 0.954. The van der Waals surface area contributed by atoms with Crippen LogP contribution in [0.3, 0.4) is 0 Å². The van der Waals surface area contributed by atoms with Gasteiger partial charge in [-0.05, 0) is 42.2 Å². The first-order valence-corrected chi connectivity index (χ1v) is 8.96. The minimum Gasteiger partial charge on any atom is -0.484 e. The molecule has 0 aliphatic carbocycles. The van der Waals surface area contributed by atoms with Crippen LogP contribution >= 0.6 is 0 Å². The number of amides is 2. The Labute approximate surface area is 154 Å². The van der Waals surface area contributed by atoms with Gasteiger partial charge in [0.05, 0.1) is 11.4 Å². The molecule has 3 rings (SSSR count). The van der Waals surface area contributed by atoms with E-state index in [-0.39, 0.29) is 18.4 Å². The van der Waals surface area contributed by atoms with Crippen LogP contribution in [0.2, 0.25) is 0 Å². The van der Waals surface area contributed by atoms with Crippen LogP contribution in [0.4, 0.5) is 11.4 Å². The van der Waals surface area contributed by atoms with Crippen molar-refractivity contribution in [3.63, 3.8) is 0 Å². The number of anilines is 2. The molecule has 2 aromatic carbocycles. The highest BCUT2D eigenvalue weighted by molar-refractivity contribution is 6.02. The van der Waals surface area contributed by atoms with Gasteiger partial charge in [0.15, 0.2) is 6.61 Å². The number of carbonyl (C=O) groups is 2. The van der Waals surface area contributed by atoms with Gasteiger partial charge in [0.1, 0.15) is 5.75 Å². The number of rotatable bonds is 6. The summed E-state index contributed by atoms with van der Waals surface area (Å²) in [6.07, 6.45) is 1.40. The predicted molar refractivity (Wildman–Crippen MR) is 103 cm³/mol. The van der Waals surface area contributed by atoms with E-state index in [0.29, 0.717) is 30.3 Å². The van der Waals surface area contributed by atoms with Crippen molar-refractivity contribution in [3.05, 3.63) is 54.1 Å². The number of hydrogen-bond acceptors (Lipinski definition) is 3. The lowest BCUT2D eigenvalue weighted by molar-refractivity contribution is -0.118. The molecule has 26 heavy (non-hydrogen) atoms. The van der Waals surface area contributed by atoms with Gasteiger partial charge in [0.25, 0.3) is 5.91 Å².